The van der Waals surface area contributed by atoms with E-state index in [9.17, 15) is 4.39 Å². The molecule has 0 saturated heterocycles. The Morgan fingerprint density at radius 2 is 1.86 bits per heavy atom. The minimum atomic E-state index is -0.318. The zero-order chi connectivity index (χ0) is 14.7. The lowest BCUT2D eigenvalue weighted by molar-refractivity contribution is 0.432. The Hall–Kier alpha value is -3.00. The molecule has 5 heteroatoms. The standard InChI is InChI=1S/C16H10FN3O/c17-13-7-5-12(6-8-13)15-19-16(21-20-15)14-4-2-1-3-11(14)9-10-18/h1-8H,9H2. The molecule has 21 heavy (non-hydrogen) atoms. The van der Waals surface area contributed by atoms with Crippen molar-refractivity contribution in [2.24, 2.45) is 0 Å². The summed E-state index contributed by atoms with van der Waals surface area (Å²) >= 11 is 0. The number of rotatable bonds is 3. The van der Waals surface area contributed by atoms with Crippen molar-refractivity contribution in [3.8, 4) is 28.9 Å². The second-order valence-corrected chi connectivity index (χ2v) is 4.42. The summed E-state index contributed by atoms with van der Waals surface area (Å²) in [6, 6.07) is 15.3. The van der Waals surface area contributed by atoms with Gasteiger partial charge in [-0.3, -0.25) is 0 Å². The third-order valence-corrected chi connectivity index (χ3v) is 3.05. The Kier molecular flexibility index (Phi) is 3.44. The minimum absolute atomic E-state index is 0.268. The van der Waals surface area contributed by atoms with Crippen LogP contribution in [-0.2, 0) is 6.42 Å². The number of aromatic nitrogens is 2. The Bertz CT molecular complexity index is 803. The number of nitrogens with zero attached hydrogens (tertiary/aromatic N) is 3. The second kappa shape index (κ2) is 5.55. The Morgan fingerprint density at radius 3 is 2.62 bits per heavy atom. The highest BCUT2D eigenvalue weighted by atomic mass is 19.1. The maximum Gasteiger partial charge on any atom is 0.258 e. The van der Waals surface area contributed by atoms with Gasteiger partial charge in [0.05, 0.1) is 12.5 Å². The van der Waals surface area contributed by atoms with E-state index >= 15 is 0 Å². The average Bonchev–Trinajstić information content (AvgIpc) is 2.99. The molecule has 0 fully saturated rings. The Balaban J connectivity index is 1.99. The first kappa shape index (κ1) is 13.0. The van der Waals surface area contributed by atoms with Crippen molar-refractivity contribution in [1.29, 1.82) is 5.26 Å². The van der Waals surface area contributed by atoms with Gasteiger partial charge in [-0.05, 0) is 35.9 Å². The minimum Gasteiger partial charge on any atom is -0.334 e. The van der Waals surface area contributed by atoms with E-state index < -0.39 is 0 Å². The van der Waals surface area contributed by atoms with Gasteiger partial charge in [0.2, 0.25) is 5.82 Å². The quantitative estimate of drug-likeness (QED) is 0.734. The van der Waals surface area contributed by atoms with Crippen LogP contribution in [0.15, 0.2) is 53.1 Å². The molecular weight excluding hydrogens is 269 g/mol. The second-order valence-electron chi connectivity index (χ2n) is 4.42. The monoisotopic (exact) mass is 279 g/mol. The lowest BCUT2D eigenvalue weighted by atomic mass is 10.1. The van der Waals surface area contributed by atoms with Crippen molar-refractivity contribution < 1.29 is 8.91 Å². The summed E-state index contributed by atoms with van der Waals surface area (Å²) in [6.45, 7) is 0. The molecule has 1 aromatic heterocycles. The van der Waals surface area contributed by atoms with E-state index in [-0.39, 0.29) is 12.2 Å². The van der Waals surface area contributed by atoms with Gasteiger partial charge in [-0.25, -0.2) is 4.39 Å². The van der Waals surface area contributed by atoms with Crippen LogP contribution in [0.4, 0.5) is 4.39 Å². The molecule has 0 spiro atoms. The van der Waals surface area contributed by atoms with Crippen LogP contribution in [0.2, 0.25) is 0 Å². The summed E-state index contributed by atoms with van der Waals surface area (Å²) in [6.07, 6.45) is 0.268. The fraction of sp³-hybridized carbons (Fsp3) is 0.0625. The highest BCUT2D eigenvalue weighted by molar-refractivity contribution is 5.62. The third kappa shape index (κ3) is 2.65. The van der Waals surface area contributed by atoms with E-state index in [1.54, 1.807) is 12.1 Å². The van der Waals surface area contributed by atoms with E-state index in [1.165, 1.54) is 12.1 Å². The van der Waals surface area contributed by atoms with Gasteiger partial charge in [0.25, 0.3) is 5.89 Å². The molecular formula is C16H10FN3O. The molecule has 3 rings (SSSR count). The van der Waals surface area contributed by atoms with E-state index in [2.05, 4.69) is 16.2 Å². The summed E-state index contributed by atoms with van der Waals surface area (Å²) in [7, 11) is 0. The molecule has 0 amide bonds. The largest absolute Gasteiger partial charge is 0.334 e. The summed E-state index contributed by atoms with van der Waals surface area (Å²) in [5, 5.41) is 12.8. The first-order chi connectivity index (χ1) is 10.3. The maximum atomic E-state index is 12.9. The zero-order valence-corrected chi connectivity index (χ0v) is 11.0. The first-order valence-electron chi connectivity index (χ1n) is 6.33. The fourth-order valence-electron chi connectivity index (χ4n) is 2.02. The Labute approximate surface area is 120 Å². The van der Waals surface area contributed by atoms with Crippen LogP contribution >= 0.6 is 0 Å². The zero-order valence-electron chi connectivity index (χ0n) is 11.0. The molecule has 1 heterocycles. The van der Waals surface area contributed by atoms with E-state index in [1.807, 2.05) is 24.3 Å². The van der Waals surface area contributed by atoms with Crippen molar-refractivity contribution in [3.63, 3.8) is 0 Å². The van der Waals surface area contributed by atoms with Gasteiger partial charge in [0.1, 0.15) is 5.82 Å². The number of benzene rings is 2. The lowest BCUT2D eigenvalue weighted by Crippen LogP contribution is -1.88. The van der Waals surface area contributed by atoms with E-state index in [0.717, 1.165) is 11.1 Å². The predicted octanol–water partition coefficient (Wildman–Crippen LogP) is 3.61. The molecule has 0 aliphatic rings. The smallest absolute Gasteiger partial charge is 0.258 e. The lowest BCUT2D eigenvalue weighted by Gasteiger charge is -2.00. The van der Waals surface area contributed by atoms with Crippen LogP contribution in [0.5, 0.6) is 0 Å². The van der Waals surface area contributed by atoms with Crippen LogP contribution in [0.1, 0.15) is 5.56 Å². The van der Waals surface area contributed by atoms with Gasteiger partial charge < -0.3 is 4.52 Å². The maximum absolute atomic E-state index is 12.9. The predicted molar refractivity (Wildman–Crippen MR) is 74.4 cm³/mol. The summed E-state index contributed by atoms with van der Waals surface area (Å²) < 4.78 is 18.2. The molecule has 0 aliphatic carbocycles. The van der Waals surface area contributed by atoms with Crippen molar-refractivity contribution in [2.75, 3.05) is 0 Å². The normalized spacial score (nSPS) is 10.3. The molecule has 0 saturated carbocycles. The molecule has 0 N–H and O–H groups in total. The molecule has 3 aromatic rings. The molecule has 0 radical (unpaired) electrons. The molecule has 4 nitrogen and oxygen atoms in total. The molecule has 102 valence electrons. The molecule has 0 atom stereocenters. The van der Waals surface area contributed by atoms with Crippen molar-refractivity contribution >= 4 is 0 Å². The van der Waals surface area contributed by atoms with Crippen LogP contribution < -0.4 is 0 Å². The highest BCUT2D eigenvalue weighted by Gasteiger charge is 2.13. The number of hydrogen-bond donors (Lipinski definition) is 0. The number of halogens is 1. The van der Waals surface area contributed by atoms with Gasteiger partial charge in [-0.1, -0.05) is 23.4 Å². The van der Waals surface area contributed by atoms with Gasteiger partial charge >= 0.3 is 0 Å². The van der Waals surface area contributed by atoms with Crippen LogP contribution in [-0.4, -0.2) is 10.1 Å². The van der Waals surface area contributed by atoms with Gasteiger partial charge in [0, 0.05) is 11.1 Å². The molecule has 0 aliphatic heterocycles. The molecule has 0 bridgehead atoms. The van der Waals surface area contributed by atoms with Gasteiger partial charge in [-0.2, -0.15) is 10.2 Å². The summed E-state index contributed by atoms with van der Waals surface area (Å²) in [5.41, 5.74) is 2.23. The van der Waals surface area contributed by atoms with Crippen LogP contribution in [0, 0.1) is 17.1 Å². The van der Waals surface area contributed by atoms with E-state index in [0.29, 0.717) is 17.3 Å². The van der Waals surface area contributed by atoms with Crippen LogP contribution in [0.25, 0.3) is 22.8 Å². The topological polar surface area (TPSA) is 62.7 Å². The SMILES string of the molecule is N#CCc1ccccc1-c1nc(-c2ccc(F)cc2)no1. The fourth-order valence-corrected chi connectivity index (χ4v) is 2.02. The number of nitriles is 1. The first-order valence-corrected chi connectivity index (χ1v) is 6.33. The third-order valence-electron chi connectivity index (χ3n) is 3.05. The number of hydrogen-bond acceptors (Lipinski definition) is 4. The van der Waals surface area contributed by atoms with Gasteiger partial charge in [0.15, 0.2) is 0 Å². The highest BCUT2D eigenvalue weighted by Crippen LogP contribution is 2.25. The molecule has 0 unspecified atom stereocenters. The van der Waals surface area contributed by atoms with Gasteiger partial charge in [-0.15, -0.1) is 0 Å². The van der Waals surface area contributed by atoms with Crippen molar-refractivity contribution in [1.82, 2.24) is 10.1 Å². The average molecular weight is 279 g/mol. The summed E-state index contributed by atoms with van der Waals surface area (Å²) in [4.78, 5) is 4.31. The van der Waals surface area contributed by atoms with Crippen LogP contribution in [0.3, 0.4) is 0 Å². The van der Waals surface area contributed by atoms with Crippen molar-refractivity contribution in [2.45, 2.75) is 6.42 Å². The van der Waals surface area contributed by atoms with Crippen molar-refractivity contribution in [3.05, 3.63) is 59.9 Å². The Morgan fingerprint density at radius 1 is 1.10 bits per heavy atom. The summed E-state index contributed by atoms with van der Waals surface area (Å²) in [5.74, 6) is 0.416. The van der Waals surface area contributed by atoms with E-state index in [4.69, 9.17) is 9.78 Å². The molecule has 2 aromatic carbocycles.